The van der Waals surface area contributed by atoms with Crippen molar-refractivity contribution in [2.75, 3.05) is 19.7 Å². The van der Waals surface area contributed by atoms with Gasteiger partial charge < -0.3 is 20.1 Å². The van der Waals surface area contributed by atoms with Gasteiger partial charge in [-0.2, -0.15) is 0 Å². The lowest BCUT2D eigenvalue weighted by molar-refractivity contribution is -0.153. The molecule has 0 unspecified atom stereocenters. The number of likely N-dealkylation sites (tertiary alicyclic amines) is 1. The zero-order valence-electron chi connectivity index (χ0n) is 14.8. The summed E-state index contributed by atoms with van der Waals surface area (Å²) in [7, 11) is 0. The number of carbonyl (C=O) groups excluding carboxylic acids is 3. The van der Waals surface area contributed by atoms with Crippen LogP contribution in [0.25, 0.3) is 0 Å². The smallest absolute Gasteiger partial charge is 0.328 e. The van der Waals surface area contributed by atoms with Crippen molar-refractivity contribution in [2.24, 2.45) is 0 Å². The molecule has 0 aromatic carbocycles. The summed E-state index contributed by atoms with van der Waals surface area (Å²) in [6.45, 7) is 2.51. The predicted molar refractivity (Wildman–Crippen MR) is 89.7 cm³/mol. The molecule has 0 aliphatic carbocycles. The molecular weight excluding hydrogens is 328 g/mol. The van der Waals surface area contributed by atoms with Gasteiger partial charge in [0, 0.05) is 19.4 Å². The van der Waals surface area contributed by atoms with Gasteiger partial charge in [0.05, 0.1) is 13.2 Å². The first-order valence-corrected chi connectivity index (χ1v) is 8.90. The van der Waals surface area contributed by atoms with E-state index in [9.17, 15) is 19.2 Å². The summed E-state index contributed by atoms with van der Waals surface area (Å²) >= 11 is 0. The molecule has 0 spiro atoms. The molecule has 1 heterocycles. The number of ether oxygens (including phenoxy) is 1. The average Bonchev–Trinajstić information content (AvgIpc) is 3.06. The third-order valence-corrected chi connectivity index (χ3v) is 4.07. The number of aliphatic carboxylic acids is 1. The van der Waals surface area contributed by atoms with Crippen molar-refractivity contribution < 1.29 is 29.0 Å². The Bertz CT molecular complexity index is 480. The molecule has 8 nitrogen and oxygen atoms in total. The topological polar surface area (TPSA) is 113 Å². The molecule has 25 heavy (non-hydrogen) atoms. The van der Waals surface area contributed by atoms with E-state index in [1.54, 1.807) is 0 Å². The van der Waals surface area contributed by atoms with Gasteiger partial charge in [0.15, 0.2) is 0 Å². The summed E-state index contributed by atoms with van der Waals surface area (Å²) in [5, 5.41) is 11.1. The number of nitrogens with one attached hydrogen (secondary N) is 1. The van der Waals surface area contributed by atoms with Crippen LogP contribution in [0.15, 0.2) is 0 Å². The fraction of sp³-hybridized carbons (Fsp3) is 0.765. The van der Waals surface area contributed by atoms with E-state index >= 15 is 0 Å². The van der Waals surface area contributed by atoms with Crippen molar-refractivity contribution >= 4 is 23.8 Å². The minimum absolute atomic E-state index is 0.0450. The minimum atomic E-state index is -0.875. The molecule has 1 saturated heterocycles. The van der Waals surface area contributed by atoms with Crippen LogP contribution in [0.4, 0.5) is 0 Å². The first-order chi connectivity index (χ1) is 12.0. The summed E-state index contributed by atoms with van der Waals surface area (Å²) in [6, 6.07) is -0.612. The van der Waals surface area contributed by atoms with E-state index in [1.807, 2.05) is 6.92 Å². The van der Waals surface area contributed by atoms with E-state index in [-0.39, 0.29) is 31.4 Å². The van der Waals surface area contributed by atoms with Crippen LogP contribution in [-0.4, -0.2) is 59.5 Å². The number of carboxylic acids is 1. The average molecular weight is 356 g/mol. The van der Waals surface area contributed by atoms with Gasteiger partial charge in [-0.3, -0.25) is 14.4 Å². The minimum Gasteiger partial charge on any atom is -0.481 e. The van der Waals surface area contributed by atoms with E-state index in [4.69, 9.17) is 9.84 Å². The number of esters is 1. The molecule has 1 aliphatic heterocycles. The number of unbranched alkanes of at least 4 members (excludes halogenated alkanes) is 2. The number of rotatable bonds is 11. The maximum absolute atomic E-state index is 12.2. The highest BCUT2D eigenvalue weighted by Crippen LogP contribution is 2.18. The molecular formula is C17H28N2O6. The lowest BCUT2D eigenvalue weighted by Crippen LogP contribution is -2.46. The molecule has 0 saturated carbocycles. The molecule has 1 fully saturated rings. The quantitative estimate of drug-likeness (QED) is 0.423. The molecule has 8 heteroatoms. The van der Waals surface area contributed by atoms with Crippen molar-refractivity contribution in [3.05, 3.63) is 0 Å². The summed E-state index contributed by atoms with van der Waals surface area (Å²) < 4.78 is 5.15. The summed E-state index contributed by atoms with van der Waals surface area (Å²) in [6.07, 6.45) is 4.31. The maximum Gasteiger partial charge on any atom is 0.328 e. The van der Waals surface area contributed by atoms with Crippen LogP contribution < -0.4 is 5.32 Å². The second kappa shape index (κ2) is 11.4. The molecule has 0 aromatic rings. The van der Waals surface area contributed by atoms with Crippen LogP contribution in [0, 0.1) is 0 Å². The molecule has 2 amide bonds. The normalized spacial score (nSPS) is 16.5. The third-order valence-electron chi connectivity index (χ3n) is 4.07. The summed E-state index contributed by atoms with van der Waals surface area (Å²) in [5.41, 5.74) is 0. The maximum atomic E-state index is 12.2. The number of nitrogens with zero attached hydrogens (tertiary/aromatic N) is 1. The van der Waals surface area contributed by atoms with Crippen molar-refractivity contribution in [1.29, 1.82) is 0 Å². The lowest BCUT2D eigenvalue weighted by Gasteiger charge is -2.23. The number of hydrogen-bond donors (Lipinski definition) is 2. The first kappa shape index (κ1) is 20.9. The number of carbonyl (C=O) groups is 4. The lowest BCUT2D eigenvalue weighted by atomic mass is 10.2. The highest BCUT2D eigenvalue weighted by Gasteiger charge is 2.35. The fourth-order valence-electron chi connectivity index (χ4n) is 2.66. The van der Waals surface area contributed by atoms with Gasteiger partial charge in [0.25, 0.3) is 0 Å². The van der Waals surface area contributed by atoms with Crippen molar-refractivity contribution in [3.8, 4) is 0 Å². The SMILES string of the molecule is CCCCC(=O)NCC(=O)N1CCC[C@@H]1C(=O)OCCCCC(=O)O. The molecule has 142 valence electrons. The Kier molecular flexibility index (Phi) is 9.57. The number of amides is 2. The Morgan fingerprint density at radius 2 is 1.92 bits per heavy atom. The largest absolute Gasteiger partial charge is 0.481 e. The van der Waals surface area contributed by atoms with Gasteiger partial charge >= 0.3 is 11.9 Å². The Labute approximate surface area is 147 Å². The van der Waals surface area contributed by atoms with Crippen LogP contribution >= 0.6 is 0 Å². The molecule has 1 aliphatic rings. The van der Waals surface area contributed by atoms with E-state index in [2.05, 4.69) is 5.32 Å². The molecule has 0 aromatic heterocycles. The molecule has 2 N–H and O–H groups in total. The monoisotopic (exact) mass is 356 g/mol. The third kappa shape index (κ3) is 8.00. The van der Waals surface area contributed by atoms with Crippen molar-refractivity contribution in [2.45, 2.75) is 64.3 Å². The van der Waals surface area contributed by atoms with Gasteiger partial charge in [-0.1, -0.05) is 13.3 Å². The Morgan fingerprint density at radius 3 is 2.60 bits per heavy atom. The molecule has 0 bridgehead atoms. The first-order valence-electron chi connectivity index (χ1n) is 8.90. The van der Waals surface area contributed by atoms with Crippen LogP contribution in [0.5, 0.6) is 0 Å². The van der Waals surface area contributed by atoms with Gasteiger partial charge in [-0.15, -0.1) is 0 Å². The van der Waals surface area contributed by atoms with Gasteiger partial charge in [-0.05, 0) is 32.1 Å². The Hall–Kier alpha value is -2.12. The molecule has 1 atom stereocenters. The summed E-state index contributed by atoms with van der Waals surface area (Å²) in [4.78, 5) is 47.8. The molecule has 0 radical (unpaired) electrons. The van der Waals surface area contributed by atoms with Crippen molar-refractivity contribution in [3.63, 3.8) is 0 Å². The highest BCUT2D eigenvalue weighted by molar-refractivity contribution is 5.88. The van der Waals surface area contributed by atoms with Crippen LogP contribution in [0.1, 0.15) is 58.3 Å². The predicted octanol–water partition coefficient (Wildman–Crippen LogP) is 1.08. The Morgan fingerprint density at radius 1 is 1.16 bits per heavy atom. The fourth-order valence-corrected chi connectivity index (χ4v) is 2.66. The van der Waals surface area contributed by atoms with E-state index in [1.165, 1.54) is 4.90 Å². The standard InChI is InChI=1S/C17H28N2O6/c1-2-3-8-14(20)18-12-15(21)19-10-6-7-13(19)17(24)25-11-5-4-9-16(22)23/h13H,2-12H2,1H3,(H,18,20)(H,22,23)/t13-/m1/s1. The van der Waals surface area contributed by atoms with E-state index in [0.717, 1.165) is 12.8 Å². The Balaban J connectivity index is 2.33. The number of carboxylic acid groups (broad SMARTS) is 1. The highest BCUT2D eigenvalue weighted by atomic mass is 16.5. The van der Waals surface area contributed by atoms with E-state index in [0.29, 0.717) is 38.6 Å². The second-order valence-electron chi connectivity index (χ2n) is 6.14. The van der Waals surface area contributed by atoms with Crippen LogP contribution in [0.3, 0.4) is 0 Å². The second-order valence-corrected chi connectivity index (χ2v) is 6.14. The van der Waals surface area contributed by atoms with E-state index < -0.39 is 18.0 Å². The molecule has 1 rings (SSSR count). The van der Waals surface area contributed by atoms with Gasteiger partial charge in [0.1, 0.15) is 6.04 Å². The van der Waals surface area contributed by atoms with Crippen LogP contribution in [-0.2, 0) is 23.9 Å². The zero-order valence-corrected chi connectivity index (χ0v) is 14.8. The van der Waals surface area contributed by atoms with Crippen molar-refractivity contribution in [1.82, 2.24) is 10.2 Å². The number of hydrogen-bond acceptors (Lipinski definition) is 5. The van der Waals surface area contributed by atoms with Gasteiger partial charge in [-0.25, -0.2) is 4.79 Å². The van der Waals surface area contributed by atoms with Gasteiger partial charge in [0.2, 0.25) is 11.8 Å². The zero-order chi connectivity index (χ0) is 18.7. The van der Waals surface area contributed by atoms with Crippen LogP contribution in [0.2, 0.25) is 0 Å². The summed E-state index contributed by atoms with van der Waals surface area (Å²) in [5.74, 6) is -1.78.